The molecule has 4 aliphatic rings. The van der Waals surface area contributed by atoms with Crippen LogP contribution in [0.2, 0.25) is 0 Å². The average molecular weight is 437 g/mol. The minimum atomic E-state index is -0.732. The maximum atomic E-state index is 13.3. The molecule has 5 rings (SSSR count). The van der Waals surface area contributed by atoms with Crippen LogP contribution in [0.3, 0.4) is 0 Å². The molecule has 5 atom stereocenters. The van der Waals surface area contributed by atoms with E-state index in [1.807, 2.05) is 21.9 Å². The highest BCUT2D eigenvalue weighted by Gasteiger charge is 2.53. The number of rotatable bonds is 5. The van der Waals surface area contributed by atoms with Gasteiger partial charge in [-0.1, -0.05) is 6.07 Å². The summed E-state index contributed by atoms with van der Waals surface area (Å²) in [6.45, 7) is 1.60. The number of fused-ring (bicyclic) bond motifs is 3. The van der Waals surface area contributed by atoms with E-state index < -0.39 is 18.0 Å². The summed E-state index contributed by atoms with van der Waals surface area (Å²) in [5, 5.41) is 9.25. The summed E-state index contributed by atoms with van der Waals surface area (Å²) in [7, 11) is 0. The summed E-state index contributed by atoms with van der Waals surface area (Å²) in [6, 6.07) is 6.44. The van der Waals surface area contributed by atoms with E-state index in [4.69, 9.17) is 11.5 Å². The molecule has 3 fully saturated rings. The molecule has 1 aliphatic carbocycles. The highest BCUT2D eigenvalue weighted by atomic mass is 16.2. The summed E-state index contributed by atoms with van der Waals surface area (Å²) in [6.07, 6.45) is 3.93. The van der Waals surface area contributed by atoms with Gasteiger partial charge >= 0.3 is 0 Å². The number of hydrogen-bond acceptors (Lipinski definition) is 6. The number of hydrogen-bond donors (Lipinski definition) is 2. The van der Waals surface area contributed by atoms with Gasteiger partial charge < -0.3 is 21.3 Å². The Morgan fingerprint density at radius 3 is 2.78 bits per heavy atom. The lowest BCUT2D eigenvalue weighted by Gasteiger charge is -2.38. The molecule has 3 amide bonds. The van der Waals surface area contributed by atoms with Crippen molar-refractivity contribution >= 4 is 17.7 Å². The molecular formula is C23H28N6O3. The van der Waals surface area contributed by atoms with E-state index in [1.165, 1.54) is 0 Å². The lowest BCUT2D eigenvalue weighted by molar-refractivity contribution is -0.141. The Bertz CT molecular complexity index is 1020. The van der Waals surface area contributed by atoms with Crippen molar-refractivity contribution in [1.82, 2.24) is 14.7 Å². The van der Waals surface area contributed by atoms with Gasteiger partial charge in [-0.3, -0.25) is 19.3 Å². The number of piperazine rings is 1. The predicted octanol–water partition coefficient (Wildman–Crippen LogP) is -0.100. The Balaban J connectivity index is 1.25. The van der Waals surface area contributed by atoms with Crippen molar-refractivity contribution in [3.63, 3.8) is 0 Å². The van der Waals surface area contributed by atoms with Crippen molar-refractivity contribution in [2.24, 2.45) is 11.5 Å². The predicted molar refractivity (Wildman–Crippen MR) is 115 cm³/mol. The number of carbonyl (C=O) groups excluding carboxylic acids is 3. The highest BCUT2D eigenvalue weighted by Crippen LogP contribution is 2.44. The maximum Gasteiger partial charge on any atom is 0.248 e. The molecule has 2 bridgehead atoms. The fourth-order valence-corrected chi connectivity index (χ4v) is 6.05. The molecule has 1 unspecified atom stereocenters. The molecule has 0 radical (unpaired) electrons. The van der Waals surface area contributed by atoms with Gasteiger partial charge in [0, 0.05) is 31.2 Å². The van der Waals surface area contributed by atoms with Crippen molar-refractivity contribution in [3.8, 4) is 6.07 Å². The monoisotopic (exact) mass is 436 g/mol. The Labute approximate surface area is 186 Å². The van der Waals surface area contributed by atoms with E-state index in [0.29, 0.717) is 31.6 Å². The minimum absolute atomic E-state index is 0.0212. The summed E-state index contributed by atoms with van der Waals surface area (Å²) in [4.78, 5) is 43.2. The third-order valence-corrected chi connectivity index (χ3v) is 7.56. The zero-order valence-electron chi connectivity index (χ0n) is 17.9. The van der Waals surface area contributed by atoms with E-state index in [2.05, 4.69) is 6.07 Å². The summed E-state index contributed by atoms with van der Waals surface area (Å²) in [5.74, 6) is -0.547. The first-order valence-corrected chi connectivity index (χ1v) is 11.3. The fourth-order valence-electron chi connectivity index (χ4n) is 6.05. The first-order chi connectivity index (χ1) is 15.4. The van der Waals surface area contributed by atoms with Gasteiger partial charge in [0.05, 0.1) is 24.2 Å². The van der Waals surface area contributed by atoms with Crippen LogP contribution in [0.4, 0.5) is 0 Å². The van der Waals surface area contributed by atoms with Gasteiger partial charge in [-0.15, -0.1) is 0 Å². The maximum absolute atomic E-state index is 13.3. The van der Waals surface area contributed by atoms with Gasteiger partial charge in [0.15, 0.2) is 0 Å². The van der Waals surface area contributed by atoms with Crippen molar-refractivity contribution in [3.05, 3.63) is 34.9 Å². The number of amides is 3. The van der Waals surface area contributed by atoms with Crippen LogP contribution < -0.4 is 11.5 Å². The largest absolute Gasteiger partial charge is 0.366 e. The van der Waals surface area contributed by atoms with Crippen molar-refractivity contribution in [2.75, 3.05) is 19.6 Å². The Hall–Kier alpha value is -2.96. The summed E-state index contributed by atoms with van der Waals surface area (Å²) < 4.78 is 0. The molecule has 168 valence electrons. The quantitative estimate of drug-likeness (QED) is 0.661. The van der Waals surface area contributed by atoms with E-state index in [9.17, 15) is 19.6 Å². The second-order valence-electron chi connectivity index (χ2n) is 9.36. The van der Waals surface area contributed by atoms with Gasteiger partial charge in [-0.25, -0.2) is 0 Å². The number of aryl methyl sites for hydroxylation is 1. The van der Waals surface area contributed by atoms with Crippen molar-refractivity contribution in [2.45, 2.75) is 62.3 Å². The number of likely N-dealkylation sites (tertiary alicyclic amines) is 3. The van der Waals surface area contributed by atoms with Crippen molar-refractivity contribution < 1.29 is 14.4 Å². The molecule has 9 heteroatoms. The van der Waals surface area contributed by atoms with Crippen LogP contribution in [0, 0.1) is 11.3 Å². The Kier molecular flexibility index (Phi) is 5.14. The van der Waals surface area contributed by atoms with Gasteiger partial charge in [0.1, 0.15) is 6.04 Å². The van der Waals surface area contributed by atoms with Crippen molar-refractivity contribution in [1.29, 1.82) is 5.26 Å². The Morgan fingerprint density at radius 1 is 1.25 bits per heavy atom. The van der Waals surface area contributed by atoms with Gasteiger partial charge in [-0.2, -0.15) is 5.26 Å². The normalized spacial score (nSPS) is 29.9. The van der Waals surface area contributed by atoms with Gasteiger partial charge in [0.2, 0.25) is 17.7 Å². The number of carbonyl (C=O) groups is 3. The molecule has 32 heavy (non-hydrogen) atoms. The zero-order chi connectivity index (χ0) is 22.6. The van der Waals surface area contributed by atoms with Gasteiger partial charge in [-0.05, 0) is 55.4 Å². The molecule has 3 heterocycles. The highest BCUT2D eigenvalue weighted by molar-refractivity contribution is 5.93. The third kappa shape index (κ3) is 3.26. The smallest absolute Gasteiger partial charge is 0.248 e. The third-order valence-electron chi connectivity index (χ3n) is 7.56. The lowest BCUT2D eigenvalue weighted by atomic mass is 10.0. The number of primary amides is 1. The molecule has 3 saturated heterocycles. The zero-order valence-corrected chi connectivity index (χ0v) is 17.9. The first-order valence-electron chi connectivity index (χ1n) is 11.3. The average Bonchev–Trinajstić information content (AvgIpc) is 3.55. The van der Waals surface area contributed by atoms with Crippen LogP contribution >= 0.6 is 0 Å². The second kappa shape index (κ2) is 7.87. The van der Waals surface area contributed by atoms with E-state index >= 15 is 0 Å². The van der Waals surface area contributed by atoms with Crippen LogP contribution in [-0.2, 0) is 16.0 Å². The Morgan fingerprint density at radius 2 is 2.06 bits per heavy atom. The van der Waals surface area contributed by atoms with Gasteiger partial charge in [0.25, 0.3) is 0 Å². The molecule has 0 spiro atoms. The topological polar surface area (TPSA) is 137 Å². The molecule has 4 N–H and O–H groups in total. The van der Waals surface area contributed by atoms with Crippen LogP contribution in [0.25, 0.3) is 0 Å². The molecular weight excluding hydrogens is 408 g/mol. The molecule has 1 aromatic rings. The number of nitrogens with zero attached hydrogens (tertiary/aromatic N) is 4. The molecule has 0 aromatic heterocycles. The molecule has 0 saturated carbocycles. The first kappa shape index (κ1) is 20.9. The number of benzene rings is 1. The molecule has 1 aromatic carbocycles. The van der Waals surface area contributed by atoms with Crippen LogP contribution in [0.5, 0.6) is 0 Å². The minimum Gasteiger partial charge on any atom is -0.366 e. The molecule has 9 nitrogen and oxygen atoms in total. The van der Waals surface area contributed by atoms with E-state index in [1.54, 1.807) is 11.0 Å². The number of nitriles is 1. The standard InChI is InChI=1S/C23H28N6O3/c24-10-15-2-1-7-28(15)22(31)18(25)12-27-11-16-9-20(27)23(32)29(16)19-6-4-13-8-14(21(26)30)3-5-17(13)19/h3,5,8,15-16,18-20H,1-2,4,6-7,9,11-12,25H2,(H2,26,30)/t15-,16?,18-,19-,20-/m0/s1. The fraction of sp³-hybridized carbons (Fsp3) is 0.565. The SMILES string of the molecule is N#C[C@@H]1CCCN1C(=O)[C@@H](N)CN1CC2C[C@H]1C(=O)N2[C@H]1CCc2cc(C(N)=O)ccc21. The second-order valence-corrected chi connectivity index (χ2v) is 9.36. The van der Waals surface area contributed by atoms with Crippen LogP contribution in [0.1, 0.15) is 53.2 Å². The van der Waals surface area contributed by atoms with Crippen LogP contribution in [0.15, 0.2) is 18.2 Å². The van der Waals surface area contributed by atoms with Crippen LogP contribution in [-0.4, -0.2) is 76.2 Å². The lowest BCUT2D eigenvalue weighted by Crippen LogP contribution is -2.56. The van der Waals surface area contributed by atoms with E-state index in [-0.39, 0.29) is 29.9 Å². The summed E-state index contributed by atoms with van der Waals surface area (Å²) >= 11 is 0. The number of nitrogens with two attached hydrogens (primary N) is 2. The van der Waals surface area contributed by atoms with E-state index in [0.717, 1.165) is 36.8 Å². The summed E-state index contributed by atoms with van der Waals surface area (Å²) in [5.41, 5.74) is 14.3. The molecule has 3 aliphatic heterocycles.